The molecule has 0 spiro atoms. The van der Waals surface area contributed by atoms with Gasteiger partial charge in [-0.25, -0.2) is 0 Å². The normalized spacial score (nSPS) is 11.9. The molecular formula is C14H18N4O2. The van der Waals surface area contributed by atoms with Crippen molar-refractivity contribution in [1.29, 1.82) is 0 Å². The van der Waals surface area contributed by atoms with Crippen molar-refractivity contribution in [3.8, 4) is 0 Å². The second kappa shape index (κ2) is 6.98. The van der Waals surface area contributed by atoms with Crippen molar-refractivity contribution < 1.29 is 9.59 Å². The summed E-state index contributed by atoms with van der Waals surface area (Å²) in [5.74, 6) is -0.501. The number of amides is 2. The number of carbonyl (C=O) groups excluding carboxylic acids is 2. The molecule has 6 heteroatoms. The van der Waals surface area contributed by atoms with Crippen LogP contribution in [0.2, 0.25) is 0 Å². The average molecular weight is 274 g/mol. The fraction of sp³-hybridized carbons (Fsp3) is 0.143. The largest absolute Gasteiger partial charge is 0.402 e. The first-order chi connectivity index (χ1) is 9.40. The molecule has 6 nitrogen and oxygen atoms in total. The molecule has 0 saturated carbocycles. The Morgan fingerprint density at radius 3 is 2.35 bits per heavy atom. The maximum Gasteiger partial charge on any atom is 0.258 e. The third kappa shape index (κ3) is 4.85. The summed E-state index contributed by atoms with van der Waals surface area (Å²) < 4.78 is 0. The lowest BCUT2D eigenvalue weighted by molar-refractivity contribution is -0.114. The minimum Gasteiger partial charge on any atom is -0.402 e. The zero-order chi connectivity index (χ0) is 15.1. The van der Waals surface area contributed by atoms with Gasteiger partial charge < -0.3 is 22.1 Å². The third-order valence-electron chi connectivity index (χ3n) is 2.27. The fourth-order valence-corrected chi connectivity index (χ4v) is 1.44. The summed E-state index contributed by atoms with van der Waals surface area (Å²) in [4.78, 5) is 23.2. The maximum atomic E-state index is 12.1. The fourth-order valence-electron chi connectivity index (χ4n) is 1.44. The molecule has 2 amide bonds. The van der Waals surface area contributed by atoms with E-state index < -0.39 is 5.91 Å². The van der Waals surface area contributed by atoms with Crippen molar-refractivity contribution in [2.75, 3.05) is 5.32 Å². The van der Waals surface area contributed by atoms with E-state index in [4.69, 9.17) is 11.5 Å². The summed E-state index contributed by atoms with van der Waals surface area (Å²) in [5.41, 5.74) is 12.4. The second-order valence-electron chi connectivity index (χ2n) is 4.21. The molecule has 0 heterocycles. The Morgan fingerprint density at radius 1 is 1.10 bits per heavy atom. The lowest BCUT2D eigenvalue weighted by Gasteiger charge is -2.10. The van der Waals surface area contributed by atoms with Crippen LogP contribution in [0.5, 0.6) is 0 Å². The van der Waals surface area contributed by atoms with Gasteiger partial charge in [0.15, 0.2) is 0 Å². The van der Waals surface area contributed by atoms with E-state index in [1.54, 1.807) is 37.3 Å². The Bertz CT molecular complexity index is 572. The lowest BCUT2D eigenvalue weighted by Crippen LogP contribution is -2.28. The van der Waals surface area contributed by atoms with Crippen LogP contribution in [0.15, 0.2) is 47.9 Å². The highest BCUT2D eigenvalue weighted by Crippen LogP contribution is 2.14. The molecular weight excluding hydrogens is 256 g/mol. The van der Waals surface area contributed by atoms with Gasteiger partial charge in [0, 0.05) is 12.6 Å². The monoisotopic (exact) mass is 274 g/mol. The van der Waals surface area contributed by atoms with E-state index in [0.717, 1.165) is 0 Å². The molecule has 0 aliphatic heterocycles. The van der Waals surface area contributed by atoms with Crippen LogP contribution in [0.1, 0.15) is 24.2 Å². The van der Waals surface area contributed by atoms with Crippen LogP contribution >= 0.6 is 0 Å². The van der Waals surface area contributed by atoms with Crippen LogP contribution in [0, 0.1) is 0 Å². The van der Waals surface area contributed by atoms with Crippen molar-refractivity contribution in [3.05, 3.63) is 53.5 Å². The third-order valence-corrected chi connectivity index (χ3v) is 2.27. The number of benzene rings is 1. The van der Waals surface area contributed by atoms with Crippen LogP contribution in [-0.2, 0) is 4.79 Å². The Kier molecular flexibility index (Phi) is 5.34. The molecule has 20 heavy (non-hydrogen) atoms. The molecule has 0 atom stereocenters. The first kappa shape index (κ1) is 15.3. The highest BCUT2D eigenvalue weighted by atomic mass is 16.2. The minimum absolute atomic E-state index is 0.164. The number of nitrogens with one attached hydrogen (secondary N) is 2. The van der Waals surface area contributed by atoms with Crippen molar-refractivity contribution in [1.82, 2.24) is 5.32 Å². The Balaban J connectivity index is 2.90. The number of anilines is 1. The first-order valence-corrected chi connectivity index (χ1v) is 5.97. The smallest absolute Gasteiger partial charge is 0.258 e. The zero-order valence-corrected chi connectivity index (χ0v) is 11.4. The summed E-state index contributed by atoms with van der Waals surface area (Å²) in [6.07, 6.45) is 3.07. The number of para-hydroxylation sites is 1. The van der Waals surface area contributed by atoms with Gasteiger partial charge in [0.1, 0.15) is 5.82 Å². The Labute approximate surface area is 117 Å². The molecule has 0 unspecified atom stereocenters. The van der Waals surface area contributed by atoms with Crippen LogP contribution in [-0.4, -0.2) is 11.8 Å². The standard InChI is InChI=1S/C14H18N4O2/c1-9(15)7-8-13(16)18-14(20)11-5-3-4-6-12(11)17-10(2)19/h3-8H,15-16H2,1-2H3,(H,17,19)(H,18,20)/b9-7-,13-8+. The molecule has 0 aliphatic carbocycles. The predicted molar refractivity (Wildman–Crippen MR) is 78.4 cm³/mol. The number of nitrogens with two attached hydrogens (primary N) is 2. The zero-order valence-electron chi connectivity index (χ0n) is 11.4. The van der Waals surface area contributed by atoms with E-state index >= 15 is 0 Å². The quantitative estimate of drug-likeness (QED) is 0.615. The molecule has 0 radical (unpaired) electrons. The predicted octanol–water partition coefficient (Wildman–Crippen LogP) is 1.04. The highest BCUT2D eigenvalue weighted by Gasteiger charge is 2.11. The van der Waals surface area contributed by atoms with Gasteiger partial charge in [0.25, 0.3) is 5.91 Å². The first-order valence-electron chi connectivity index (χ1n) is 5.97. The minimum atomic E-state index is -0.411. The molecule has 0 fully saturated rings. The van der Waals surface area contributed by atoms with E-state index in [2.05, 4.69) is 10.6 Å². The molecule has 0 bridgehead atoms. The van der Waals surface area contributed by atoms with Crippen LogP contribution in [0.25, 0.3) is 0 Å². The Hall–Kier alpha value is -2.76. The summed E-state index contributed by atoms with van der Waals surface area (Å²) in [7, 11) is 0. The van der Waals surface area contributed by atoms with Crippen LogP contribution in [0.3, 0.4) is 0 Å². The number of carbonyl (C=O) groups is 2. The van der Waals surface area contributed by atoms with Gasteiger partial charge >= 0.3 is 0 Å². The number of hydrogen-bond donors (Lipinski definition) is 4. The lowest BCUT2D eigenvalue weighted by atomic mass is 10.1. The molecule has 1 aromatic carbocycles. The van der Waals surface area contributed by atoms with E-state index in [9.17, 15) is 9.59 Å². The van der Waals surface area contributed by atoms with E-state index in [1.165, 1.54) is 13.0 Å². The van der Waals surface area contributed by atoms with Gasteiger partial charge in [-0.1, -0.05) is 12.1 Å². The van der Waals surface area contributed by atoms with Gasteiger partial charge in [-0.2, -0.15) is 0 Å². The van der Waals surface area contributed by atoms with Gasteiger partial charge in [-0.05, 0) is 31.2 Å². The number of hydrogen-bond acceptors (Lipinski definition) is 4. The second-order valence-corrected chi connectivity index (χ2v) is 4.21. The van der Waals surface area contributed by atoms with Crippen molar-refractivity contribution >= 4 is 17.5 Å². The highest BCUT2D eigenvalue weighted by molar-refractivity contribution is 6.03. The van der Waals surface area contributed by atoms with Crippen molar-refractivity contribution in [2.45, 2.75) is 13.8 Å². The van der Waals surface area contributed by atoms with Crippen molar-refractivity contribution in [3.63, 3.8) is 0 Å². The SMILES string of the molecule is CC(=O)Nc1ccccc1C(=O)N/C(N)=C/C=C(/C)N. The van der Waals surface area contributed by atoms with Gasteiger partial charge in [0.05, 0.1) is 11.3 Å². The van der Waals surface area contributed by atoms with Crippen LogP contribution < -0.4 is 22.1 Å². The summed E-state index contributed by atoms with van der Waals surface area (Å²) in [5, 5.41) is 5.10. The number of rotatable bonds is 4. The average Bonchev–Trinajstić information content (AvgIpc) is 2.36. The Morgan fingerprint density at radius 2 is 1.75 bits per heavy atom. The summed E-state index contributed by atoms with van der Waals surface area (Å²) in [6, 6.07) is 6.66. The number of allylic oxidation sites excluding steroid dienone is 3. The van der Waals surface area contributed by atoms with E-state index in [-0.39, 0.29) is 11.7 Å². The van der Waals surface area contributed by atoms with Gasteiger partial charge in [-0.3, -0.25) is 9.59 Å². The van der Waals surface area contributed by atoms with Crippen LogP contribution in [0.4, 0.5) is 5.69 Å². The molecule has 0 aliphatic rings. The summed E-state index contributed by atoms with van der Waals surface area (Å²) >= 11 is 0. The molecule has 0 saturated heterocycles. The maximum absolute atomic E-state index is 12.1. The van der Waals surface area contributed by atoms with E-state index in [1.807, 2.05) is 0 Å². The molecule has 106 valence electrons. The topological polar surface area (TPSA) is 110 Å². The summed E-state index contributed by atoms with van der Waals surface area (Å²) in [6.45, 7) is 3.08. The van der Waals surface area contributed by atoms with Gasteiger partial charge in [0.2, 0.25) is 5.91 Å². The molecule has 1 rings (SSSR count). The molecule has 1 aromatic rings. The van der Waals surface area contributed by atoms with E-state index in [0.29, 0.717) is 16.9 Å². The molecule has 6 N–H and O–H groups in total. The molecule has 0 aromatic heterocycles. The van der Waals surface area contributed by atoms with Crippen molar-refractivity contribution in [2.24, 2.45) is 11.5 Å². The van der Waals surface area contributed by atoms with Gasteiger partial charge in [-0.15, -0.1) is 0 Å².